The van der Waals surface area contributed by atoms with Crippen molar-refractivity contribution in [1.29, 1.82) is 0 Å². The molecule has 0 spiro atoms. The fraction of sp³-hybridized carbons (Fsp3) is 0.0455. The van der Waals surface area contributed by atoms with Crippen molar-refractivity contribution in [3.05, 3.63) is 84.4 Å². The molecule has 1 aromatic heterocycles. The van der Waals surface area contributed by atoms with E-state index in [1.807, 2.05) is 67.6 Å². The summed E-state index contributed by atoms with van der Waals surface area (Å²) in [7, 11) is 0. The van der Waals surface area contributed by atoms with Gasteiger partial charge in [0.05, 0.1) is 0 Å². The van der Waals surface area contributed by atoms with Gasteiger partial charge in [0.15, 0.2) is 0 Å². The van der Waals surface area contributed by atoms with Gasteiger partial charge in [0.25, 0.3) is 0 Å². The molecule has 0 saturated heterocycles. The molecule has 0 radical (unpaired) electrons. The van der Waals surface area contributed by atoms with Crippen molar-refractivity contribution in [3.8, 4) is 11.3 Å². The normalized spacial score (nSPS) is 10.7. The Bertz CT molecular complexity index is 1050. The lowest BCUT2D eigenvalue weighted by Crippen LogP contribution is -2.19. The maximum absolute atomic E-state index is 12.3. The number of urea groups is 1. The lowest BCUT2D eigenvalue weighted by molar-refractivity contribution is 0.262. The molecule has 0 unspecified atom stereocenters. The van der Waals surface area contributed by atoms with E-state index in [0.717, 1.165) is 39.1 Å². The molecule has 1 heterocycles. The maximum atomic E-state index is 12.3. The van der Waals surface area contributed by atoms with Crippen LogP contribution in [0.5, 0.6) is 0 Å². The monoisotopic (exact) mass is 341 g/mol. The molecule has 3 aromatic carbocycles. The van der Waals surface area contributed by atoms with Crippen LogP contribution in [0.15, 0.2) is 78.9 Å². The Balaban J connectivity index is 1.54. The van der Waals surface area contributed by atoms with E-state index in [9.17, 15) is 4.79 Å². The zero-order valence-electron chi connectivity index (χ0n) is 14.4. The summed E-state index contributed by atoms with van der Waals surface area (Å²) in [6.45, 7) is 1.96. The molecule has 4 rings (SSSR count). The number of aromatic amines is 1. The molecule has 0 fully saturated rings. The van der Waals surface area contributed by atoms with Crippen LogP contribution in [-0.2, 0) is 0 Å². The highest BCUT2D eigenvalue weighted by Gasteiger charge is 2.07. The van der Waals surface area contributed by atoms with E-state index < -0.39 is 0 Å². The van der Waals surface area contributed by atoms with Gasteiger partial charge in [-0.2, -0.15) is 0 Å². The number of aromatic nitrogens is 1. The van der Waals surface area contributed by atoms with E-state index in [2.05, 4.69) is 33.8 Å². The highest BCUT2D eigenvalue weighted by molar-refractivity contribution is 6.00. The van der Waals surface area contributed by atoms with Crippen LogP contribution in [0.3, 0.4) is 0 Å². The van der Waals surface area contributed by atoms with Crippen molar-refractivity contribution < 1.29 is 4.79 Å². The van der Waals surface area contributed by atoms with Gasteiger partial charge >= 0.3 is 6.03 Å². The molecule has 2 amide bonds. The van der Waals surface area contributed by atoms with Crippen LogP contribution < -0.4 is 10.6 Å². The molecule has 0 aliphatic carbocycles. The number of para-hydroxylation sites is 2. The molecule has 4 aromatic rings. The average molecular weight is 341 g/mol. The van der Waals surface area contributed by atoms with Crippen LogP contribution in [0.4, 0.5) is 16.2 Å². The third-order valence-corrected chi connectivity index (χ3v) is 4.35. The minimum absolute atomic E-state index is 0.256. The first-order valence-electron chi connectivity index (χ1n) is 8.51. The van der Waals surface area contributed by atoms with Crippen LogP contribution in [-0.4, -0.2) is 11.0 Å². The summed E-state index contributed by atoms with van der Waals surface area (Å²) in [6.07, 6.45) is 0. The van der Waals surface area contributed by atoms with Gasteiger partial charge in [-0.3, -0.25) is 0 Å². The molecule has 0 atom stereocenters. The smallest absolute Gasteiger partial charge is 0.323 e. The molecule has 128 valence electrons. The van der Waals surface area contributed by atoms with Crippen LogP contribution in [0.2, 0.25) is 0 Å². The van der Waals surface area contributed by atoms with E-state index >= 15 is 0 Å². The Labute approximate surface area is 151 Å². The molecule has 0 bridgehead atoms. The van der Waals surface area contributed by atoms with Gasteiger partial charge in [-0.1, -0.05) is 48.5 Å². The molecule has 0 aliphatic heterocycles. The van der Waals surface area contributed by atoms with Gasteiger partial charge in [0.1, 0.15) is 0 Å². The zero-order chi connectivity index (χ0) is 17.9. The number of carbonyl (C=O) groups is 1. The molecular formula is C22H19N3O. The Morgan fingerprint density at radius 2 is 1.65 bits per heavy atom. The van der Waals surface area contributed by atoms with E-state index in [-0.39, 0.29) is 6.03 Å². The average Bonchev–Trinajstić information content (AvgIpc) is 3.08. The van der Waals surface area contributed by atoms with E-state index in [4.69, 9.17) is 0 Å². The predicted octanol–water partition coefficient (Wildman–Crippen LogP) is 5.79. The first-order valence-corrected chi connectivity index (χ1v) is 8.51. The third kappa shape index (κ3) is 3.30. The van der Waals surface area contributed by atoms with Crippen molar-refractivity contribution in [2.75, 3.05) is 10.6 Å². The lowest BCUT2D eigenvalue weighted by atomic mass is 10.1. The summed E-state index contributed by atoms with van der Waals surface area (Å²) in [5.41, 5.74) is 5.71. The summed E-state index contributed by atoms with van der Waals surface area (Å²) in [6, 6.07) is 25.5. The fourth-order valence-corrected chi connectivity index (χ4v) is 2.99. The van der Waals surface area contributed by atoms with Crippen molar-refractivity contribution in [2.45, 2.75) is 6.92 Å². The number of aryl methyl sites for hydroxylation is 1. The van der Waals surface area contributed by atoms with E-state index in [0.29, 0.717) is 0 Å². The van der Waals surface area contributed by atoms with Gasteiger partial charge in [-0.25, -0.2) is 4.79 Å². The first kappa shape index (κ1) is 16.0. The zero-order valence-corrected chi connectivity index (χ0v) is 14.4. The first-order chi connectivity index (χ1) is 12.7. The molecular weight excluding hydrogens is 322 g/mol. The number of benzene rings is 3. The molecule has 0 aliphatic rings. The molecule has 4 nitrogen and oxygen atoms in total. The molecule has 4 heteroatoms. The van der Waals surface area contributed by atoms with Gasteiger partial charge in [0, 0.05) is 33.5 Å². The number of hydrogen-bond donors (Lipinski definition) is 3. The number of fused-ring (bicyclic) bond motifs is 1. The highest BCUT2D eigenvalue weighted by Crippen LogP contribution is 2.26. The molecule has 0 saturated carbocycles. The standard InChI is InChI=1S/C22H19N3O/c1-15-7-2-4-11-19(15)25-22(26)23-18-10-6-9-16(13-18)21-14-17-8-3-5-12-20(17)24-21/h2-14,24H,1H3,(H2,23,25,26). The minimum Gasteiger partial charge on any atom is -0.355 e. The number of amides is 2. The van der Waals surface area contributed by atoms with Crippen molar-refractivity contribution >= 4 is 28.3 Å². The second-order valence-corrected chi connectivity index (χ2v) is 6.25. The Morgan fingerprint density at radius 1 is 0.846 bits per heavy atom. The fourth-order valence-electron chi connectivity index (χ4n) is 2.99. The molecule has 3 N–H and O–H groups in total. The minimum atomic E-state index is -0.256. The van der Waals surface area contributed by atoms with E-state index in [1.54, 1.807) is 0 Å². The molecule has 26 heavy (non-hydrogen) atoms. The van der Waals surface area contributed by atoms with Crippen LogP contribution >= 0.6 is 0 Å². The number of nitrogens with one attached hydrogen (secondary N) is 3. The number of hydrogen-bond acceptors (Lipinski definition) is 1. The Kier molecular flexibility index (Phi) is 4.15. The van der Waals surface area contributed by atoms with Crippen molar-refractivity contribution in [3.63, 3.8) is 0 Å². The summed E-state index contributed by atoms with van der Waals surface area (Å²) in [5, 5.41) is 6.94. The SMILES string of the molecule is Cc1ccccc1NC(=O)Nc1cccc(-c2cc3ccccc3[nH]2)c1. The summed E-state index contributed by atoms with van der Waals surface area (Å²) >= 11 is 0. The third-order valence-electron chi connectivity index (χ3n) is 4.35. The summed E-state index contributed by atoms with van der Waals surface area (Å²) < 4.78 is 0. The lowest BCUT2D eigenvalue weighted by Gasteiger charge is -2.10. The van der Waals surface area contributed by atoms with Gasteiger partial charge in [0.2, 0.25) is 0 Å². The van der Waals surface area contributed by atoms with Gasteiger partial charge < -0.3 is 15.6 Å². The quantitative estimate of drug-likeness (QED) is 0.434. The number of anilines is 2. The second kappa shape index (κ2) is 6.76. The highest BCUT2D eigenvalue weighted by atomic mass is 16.2. The topological polar surface area (TPSA) is 56.9 Å². The second-order valence-electron chi connectivity index (χ2n) is 6.25. The van der Waals surface area contributed by atoms with Gasteiger partial charge in [-0.05, 0) is 42.8 Å². The van der Waals surface area contributed by atoms with Crippen LogP contribution in [0.1, 0.15) is 5.56 Å². The van der Waals surface area contributed by atoms with Crippen LogP contribution in [0, 0.1) is 6.92 Å². The van der Waals surface area contributed by atoms with Crippen molar-refractivity contribution in [2.24, 2.45) is 0 Å². The van der Waals surface area contributed by atoms with Crippen LogP contribution in [0.25, 0.3) is 22.2 Å². The maximum Gasteiger partial charge on any atom is 0.323 e. The Morgan fingerprint density at radius 3 is 2.50 bits per heavy atom. The van der Waals surface area contributed by atoms with E-state index in [1.165, 1.54) is 0 Å². The predicted molar refractivity (Wildman–Crippen MR) is 108 cm³/mol. The summed E-state index contributed by atoms with van der Waals surface area (Å²) in [4.78, 5) is 15.7. The van der Waals surface area contributed by atoms with Gasteiger partial charge in [-0.15, -0.1) is 0 Å². The number of rotatable bonds is 3. The summed E-state index contributed by atoms with van der Waals surface area (Å²) in [5.74, 6) is 0. The Hall–Kier alpha value is -3.53. The largest absolute Gasteiger partial charge is 0.355 e. The van der Waals surface area contributed by atoms with Crippen molar-refractivity contribution in [1.82, 2.24) is 4.98 Å². The number of H-pyrrole nitrogens is 1. The number of carbonyl (C=O) groups excluding carboxylic acids is 1.